The van der Waals surface area contributed by atoms with Crippen LogP contribution in [0.1, 0.15) is 5.56 Å². The molecule has 132 valence electrons. The van der Waals surface area contributed by atoms with Gasteiger partial charge in [-0.25, -0.2) is 8.42 Å². The Morgan fingerprint density at radius 1 is 1.27 bits per heavy atom. The van der Waals surface area contributed by atoms with Crippen molar-refractivity contribution < 1.29 is 17.9 Å². The van der Waals surface area contributed by atoms with E-state index in [1.807, 2.05) is 6.07 Å². The average molecular weight is 432 g/mol. The molecule has 0 spiro atoms. The first-order chi connectivity index (χ1) is 12.4. The van der Waals surface area contributed by atoms with Crippen molar-refractivity contribution in [2.45, 2.75) is 4.90 Å². The Balaban J connectivity index is 1.98. The van der Waals surface area contributed by atoms with Gasteiger partial charge in [-0.15, -0.1) is 0 Å². The Labute approximate surface area is 160 Å². The van der Waals surface area contributed by atoms with Crippen molar-refractivity contribution in [3.63, 3.8) is 0 Å². The van der Waals surface area contributed by atoms with Gasteiger partial charge in [0, 0.05) is 16.1 Å². The lowest BCUT2D eigenvalue weighted by Gasteiger charge is -2.17. The molecule has 0 atom stereocenters. The Hall–Kier alpha value is -2.56. The summed E-state index contributed by atoms with van der Waals surface area (Å²) in [5, 5.41) is 9.38. The number of methoxy groups -OCH3 is 1. The summed E-state index contributed by atoms with van der Waals surface area (Å²) in [5.74, 6) is 1.32. The third-order valence-electron chi connectivity index (χ3n) is 3.80. The molecule has 0 unspecified atom stereocenters. The highest BCUT2D eigenvalue weighted by Gasteiger charge is 2.22. The maximum absolute atomic E-state index is 12.7. The molecule has 0 fully saturated rings. The van der Waals surface area contributed by atoms with Gasteiger partial charge in [-0.05, 0) is 54.1 Å². The van der Waals surface area contributed by atoms with E-state index in [0.29, 0.717) is 17.1 Å². The van der Waals surface area contributed by atoms with Gasteiger partial charge in [0.2, 0.25) is 9.84 Å². The number of benzene rings is 2. The monoisotopic (exact) mass is 431 g/mol. The van der Waals surface area contributed by atoms with Crippen molar-refractivity contribution in [2.24, 2.45) is 0 Å². The summed E-state index contributed by atoms with van der Waals surface area (Å²) in [4.78, 5) is -0.261. The standard InChI is InChI=1S/C19H14BrNO4S/c1-24-16-5-2-14-8-13(12-25-19(14)10-16)9-18(11-21)26(22,23)17-6-3-15(20)4-7-17/h2-10H,12H2,1H3/b18-9-. The Bertz CT molecular complexity index is 1050. The molecule has 1 aliphatic rings. The highest BCUT2D eigenvalue weighted by molar-refractivity contribution is 9.10. The molecule has 2 aromatic rings. The van der Waals surface area contributed by atoms with Crippen molar-refractivity contribution >= 4 is 31.8 Å². The lowest BCUT2D eigenvalue weighted by Crippen LogP contribution is -2.09. The van der Waals surface area contributed by atoms with E-state index in [1.165, 1.54) is 18.2 Å². The van der Waals surface area contributed by atoms with Crippen LogP contribution in [0, 0.1) is 11.3 Å². The highest BCUT2D eigenvalue weighted by Crippen LogP contribution is 2.31. The molecule has 0 radical (unpaired) electrons. The zero-order chi connectivity index (χ0) is 18.7. The molecule has 0 bridgehead atoms. The number of hydrogen-bond acceptors (Lipinski definition) is 5. The molecule has 7 heteroatoms. The largest absolute Gasteiger partial charge is 0.497 e. The van der Waals surface area contributed by atoms with Gasteiger partial charge in [0.25, 0.3) is 0 Å². The van der Waals surface area contributed by atoms with E-state index in [0.717, 1.165) is 10.0 Å². The number of rotatable bonds is 4. The van der Waals surface area contributed by atoms with E-state index in [1.54, 1.807) is 43.5 Å². The van der Waals surface area contributed by atoms with Crippen molar-refractivity contribution in [3.05, 3.63) is 69.1 Å². The molecule has 1 aliphatic heterocycles. The summed E-state index contributed by atoms with van der Waals surface area (Å²) < 4.78 is 36.9. The fraction of sp³-hybridized carbons (Fsp3) is 0.105. The Morgan fingerprint density at radius 3 is 2.65 bits per heavy atom. The van der Waals surface area contributed by atoms with Crippen LogP contribution in [0.4, 0.5) is 0 Å². The summed E-state index contributed by atoms with van der Waals surface area (Å²) in [5.41, 5.74) is 1.39. The van der Waals surface area contributed by atoms with Gasteiger partial charge in [-0.3, -0.25) is 0 Å². The number of fused-ring (bicyclic) bond motifs is 1. The lowest BCUT2D eigenvalue weighted by molar-refractivity contribution is 0.346. The molecule has 0 aliphatic carbocycles. The van der Waals surface area contributed by atoms with E-state index in [2.05, 4.69) is 15.9 Å². The van der Waals surface area contributed by atoms with Gasteiger partial charge in [0.15, 0.2) is 0 Å². The molecule has 0 aromatic heterocycles. The maximum Gasteiger partial charge on any atom is 0.216 e. The predicted octanol–water partition coefficient (Wildman–Crippen LogP) is 4.11. The minimum absolute atomic E-state index is 0.0657. The van der Waals surface area contributed by atoms with E-state index in [-0.39, 0.29) is 16.4 Å². The van der Waals surface area contributed by atoms with Gasteiger partial charge in [-0.1, -0.05) is 15.9 Å². The number of nitrogens with zero attached hydrogens (tertiary/aromatic N) is 1. The van der Waals surface area contributed by atoms with Gasteiger partial charge in [-0.2, -0.15) is 5.26 Å². The minimum Gasteiger partial charge on any atom is -0.497 e. The zero-order valence-corrected chi connectivity index (χ0v) is 16.2. The Kier molecular flexibility index (Phi) is 5.16. The van der Waals surface area contributed by atoms with Gasteiger partial charge in [0.1, 0.15) is 29.1 Å². The van der Waals surface area contributed by atoms with Gasteiger partial charge < -0.3 is 9.47 Å². The van der Waals surface area contributed by atoms with Crippen molar-refractivity contribution in [1.29, 1.82) is 5.26 Å². The van der Waals surface area contributed by atoms with Crippen LogP contribution in [-0.4, -0.2) is 22.1 Å². The first-order valence-electron chi connectivity index (χ1n) is 7.58. The fourth-order valence-corrected chi connectivity index (χ4v) is 3.89. The summed E-state index contributed by atoms with van der Waals surface area (Å²) in [6.07, 6.45) is 3.15. The molecule has 3 rings (SSSR count). The summed E-state index contributed by atoms with van der Waals surface area (Å²) in [7, 11) is -2.32. The Morgan fingerprint density at radius 2 is 2.00 bits per heavy atom. The summed E-state index contributed by atoms with van der Waals surface area (Å²) in [6.45, 7) is 0.168. The molecule has 2 aromatic carbocycles. The van der Waals surface area contributed by atoms with Crippen LogP contribution in [0.3, 0.4) is 0 Å². The third-order valence-corrected chi connectivity index (χ3v) is 6.01. The van der Waals surface area contributed by atoms with Gasteiger partial charge >= 0.3 is 0 Å². The molecule has 0 amide bonds. The average Bonchev–Trinajstić information content (AvgIpc) is 2.65. The van der Waals surface area contributed by atoms with Crippen LogP contribution in [-0.2, 0) is 9.84 Å². The number of hydrogen-bond donors (Lipinski definition) is 0. The first kappa shape index (κ1) is 18.2. The maximum atomic E-state index is 12.7. The van der Waals surface area contributed by atoms with Crippen LogP contribution >= 0.6 is 15.9 Å². The number of sulfone groups is 1. The van der Waals surface area contributed by atoms with Crippen LogP contribution in [0.15, 0.2) is 68.4 Å². The number of allylic oxidation sites excluding steroid dienone is 1. The minimum atomic E-state index is -3.89. The summed E-state index contributed by atoms with van der Waals surface area (Å²) >= 11 is 3.26. The third kappa shape index (κ3) is 3.66. The van der Waals surface area contributed by atoms with E-state index in [4.69, 9.17) is 9.47 Å². The van der Waals surface area contributed by atoms with Gasteiger partial charge in [0.05, 0.1) is 12.0 Å². The van der Waals surface area contributed by atoms with Crippen LogP contribution in [0.25, 0.3) is 6.08 Å². The molecule has 0 saturated carbocycles. The number of ether oxygens (including phenoxy) is 2. The smallest absolute Gasteiger partial charge is 0.216 e. The second kappa shape index (κ2) is 7.36. The van der Waals surface area contributed by atoms with E-state index in [9.17, 15) is 13.7 Å². The van der Waals surface area contributed by atoms with E-state index < -0.39 is 9.84 Å². The SMILES string of the molecule is COc1ccc2c(c1)OCC(/C=C(/C#N)S(=O)(=O)c1ccc(Br)cc1)=C2. The van der Waals surface area contributed by atoms with Crippen LogP contribution in [0.5, 0.6) is 11.5 Å². The lowest BCUT2D eigenvalue weighted by atomic mass is 10.1. The molecule has 0 saturated heterocycles. The molecule has 0 N–H and O–H groups in total. The van der Waals surface area contributed by atoms with Crippen molar-refractivity contribution in [3.8, 4) is 17.6 Å². The number of halogens is 1. The second-order valence-corrected chi connectivity index (χ2v) is 8.32. The molecular weight excluding hydrogens is 418 g/mol. The van der Waals surface area contributed by atoms with Crippen LogP contribution in [0.2, 0.25) is 0 Å². The quantitative estimate of drug-likeness (QED) is 0.680. The zero-order valence-electron chi connectivity index (χ0n) is 13.8. The predicted molar refractivity (Wildman–Crippen MR) is 101 cm³/mol. The molecule has 26 heavy (non-hydrogen) atoms. The van der Waals surface area contributed by atoms with Crippen LogP contribution < -0.4 is 9.47 Å². The van der Waals surface area contributed by atoms with Crippen molar-refractivity contribution in [2.75, 3.05) is 13.7 Å². The first-order valence-corrected chi connectivity index (χ1v) is 9.85. The number of nitriles is 1. The topological polar surface area (TPSA) is 76.4 Å². The van der Waals surface area contributed by atoms with Crippen molar-refractivity contribution in [1.82, 2.24) is 0 Å². The fourth-order valence-electron chi connectivity index (χ4n) is 2.45. The van der Waals surface area contributed by atoms with E-state index >= 15 is 0 Å². The summed E-state index contributed by atoms with van der Waals surface area (Å²) in [6, 6.07) is 13.3. The highest BCUT2D eigenvalue weighted by atomic mass is 79.9. The second-order valence-electron chi connectivity index (χ2n) is 5.49. The molecule has 5 nitrogen and oxygen atoms in total. The molecule has 1 heterocycles. The molecular formula is C19H14BrNO4S. The normalized spacial score (nSPS) is 13.9.